The zero-order valence-corrected chi connectivity index (χ0v) is 13.3. The minimum absolute atomic E-state index is 0.433. The third-order valence-corrected chi connectivity index (χ3v) is 4.32. The summed E-state index contributed by atoms with van der Waals surface area (Å²) in [6, 6.07) is 10.7. The molecule has 0 atom stereocenters. The summed E-state index contributed by atoms with van der Waals surface area (Å²) in [7, 11) is 0. The molecule has 1 aliphatic heterocycles. The molecule has 116 valence electrons. The number of rotatable bonds is 5. The lowest BCUT2D eigenvalue weighted by Crippen LogP contribution is -2.35. The fraction of sp³-hybridized carbons (Fsp3) is 0.412. The van der Waals surface area contributed by atoms with E-state index in [-0.39, 0.29) is 0 Å². The quantitative estimate of drug-likeness (QED) is 0.917. The van der Waals surface area contributed by atoms with Crippen molar-refractivity contribution in [3.05, 3.63) is 53.4 Å². The van der Waals surface area contributed by atoms with Crippen LogP contribution in [0.4, 0.5) is 5.82 Å². The van der Waals surface area contributed by atoms with Crippen LogP contribution in [0.2, 0.25) is 5.15 Å². The standard InChI is InChI=1S/C17H21ClN4/c18-16-11-19-12-17(21-16)20-10-14-6-8-22(9-7-14)13-15-4-2-1-3-5-15/h1-5,11-12,14H,6-10,13H2,(H,20,21). The number of hydrogen-bond donors (Lipinski definition) is 1. The smallest absolute Gasteiger partial charge is 0.149 e. The number of anilines is 1. The molecule has 0 radical (unpaired) electrons. The van der Waals surface area contributed by atoms with E-state index in [1.807, 2.05) is 0 Å². The summed E-state index contributed by atoms with van der Waals surface area (Å²) in [5.74, 6) is 1.45. The van der Waals surface area contributed by atoms with E-state index >= 15 is 0 Å². The Kier molecular flexibility index (Phi) is 5.24. The Hall–Kier alpha value is -1.65. The van der Waals surface area contributed by atoms with Crippen LogP contribution in [0.15, 0.2) is 42.7 Å². The molecule has 1 saturated heterocycles. The third-order valence-electron chi connectivity index (χ3n) is 4.13. The number of nitrogens with one attached hydrogen (secondary N) is 1. The van der Waals surface area contributed by atoms with Gasteiger partial charge in [0.2, 0.25) is 0 Å². The van der Waals surface area contributed by atoms with Crippen LogP contribution in [0.3, 0.4) is 0 Å². The first kappa shape index (κ1) is 15.3. The fourth-order valence-corrected chi connectivity index (χ4v) is 3.01. The molecule has 2 aromatic rings. The average Bonchev–Trinajstić information content (AvgIpc) is 2.55. The number of likely N-dealkylation sites (tertiary alicyclic amines) is 1. The maximum Gasteiger partial charge on any atom is 0.149 e. The van der Waals surface area contributed by atoms with Gasteiger partial charge in [0.15, 0.2) is 0 Å². The van der Waals surface area contributed by atoms with Crippen molar-refractivity contribution in [2.24, 2.45) is 5.92 Å². The van der Waals surface area contributed by atoms with Gasteiger partial charge in [0.05, 0.1) is 12.4 Å². The lowest BCUT2D eigenvalue weighted by atomic mass is 9.96. The van der Waals surface area contributed by atoms with E-state index < -0.39 is 0 Å². The Labute approximate surface area is 136 Å². The van der Waals surface area contributed by atoms with E-state index in [0.29, 0.717) is 11.1 Å². The Morgan fingerprint density at radius 3 is 2.64 bits per heavy atom. The lowest BCUT2D eigenvalue weighted by Gasteiger charge is -2.32. The molecule has 0 amide bonds. The summed E-state index contributed by atoms with van der Waals surface area (Å²) in [6.07, 6.45) is 5.70. The van der Waals surface area contributed by atoms with Gasteiger partial charge in [-0.3, -0.25) is 9.88 Å². The summed E-state index contributed by atoms with van der Waals surface area (Å²) in [6.45, 7) is 4.31. The highest BCUT2D eigenvalue weighted by Gasteiger charge is 2.19. The summed E-state index contributed by atoms with van der Waals surface area (Å²) in [4.78, 5) is 10.8. The number of nitrogens with zero attached hydrogens (tertiary/aromatic N) is 3. The van der Waals surface area contributed by atoms with Crippen molar-refractivity contribution < 1.29 is 0 Å². The Bertz CT molecular complexity index is 582. The first-order valence-corrected chi connectivity index (χ1v) is 8.15. The molecular weight excluding hydrogens is 296 g/mol. The van der Waals surface area contributed by atoms with Crippen LogP contribution >= 0.6 is 11.6 Å². The van der Waals surface area contributed by atoms with Gasteiger partial charge < -0.3 is 5.32 Å². The highest BCUT2D eigenvalue weighted by molar-refractivity contribution is 6.29. The molecule has 22 heavy (non-hydrogen) atoms. The SMILES string of the molecule is Clc1cncc(NCC2CCN(Cc3ccccc3)CC2)n1. The Morgan fingerprint density at radius 2 is 1.91 bits per heavy atom. The van der Waals surface area contributed by atoms with Gasteiger partial charge in [0.25, 0.3) is 0 Å². The van der Waals surface area contributed by atoms with Crippen LogP contribution < -0.4 is 5.32 Å². The first-order valence-electron chi connectivity index (χ1n) is 7.77. The molecule has 1 N–H and O–H groups in total. The Balaban J connectivity index is 1.42. The van der Waals surface area contributed by atoms with Crippen LogP contribution in [-0.2, 0) is 6.54 Å². The highest BCUT2D eigenvalue weighted by atomic mass is 35.5. The van der Waals surface area contributed by atoms with Gasteiger partial charge in [0, 0.05) is 13.1 Å². The molecule has 1 fully saturated rings. The van der Waals surface area contributed by atoms with Crippen LogP contribution in [0, 0.1) is 5.92 Å². The number of hydrogen-bond acceptors (Lipinski definition) is 4. The topological polar surface area (TPSA) is 41.1 Å². The van der Waals surface area contributed by atoms with Crippen molar-refractivity contribution >= 4 is 17.4 Å². The minimum Gasteiger partial charge on any atom is -0.368 e. The second-order valence-electron chi connectivity index (χ2n) is 5.81. The summed E-state index contributed by atoms with van der Waals surface area (Å²) in [5.41, 5.74) is 1.40. The van der Waals surface area contributed by atoms with Crippen LogP contribution in [-0.4, -0.2) is 34.5 Å². The molecule has 0 unspecified atom stereocenters. The number of aromatic nitrogens is 2. The van der Waals surface area contributed by atoms with Gasteiger partial charge >= 0.3 is 0 Å². The van der Waals surface area contributed by atoms with Crippen molar-refractivity contribution in [3.63, 3.8) is 0 Å². The van der Waals surface area contributed by atoms with Gasteiger partial charge in [-0.25, -0.2) is 4.98 Å². The maximum absolute atomic E-state index is 5.84. The van der Waals surface area contributed by atoms with Gasteiger partial charge in [-0.15, -0.1) is 0 Å². The third kappa shape index (κ3) is 4.42. The second-order valence-corrected chi connectivity index (χ2v) is 6.20. The highest BCUT2D eigenvalue weighted by Crippen LogP contribution is 2.19. The summed E-state index contributed by atoms with van der Waals surface area (Å²) < 4.78 is 0. The largest absolute Gasteiger partial charge is 0.368 e. The van der Waals surface area contributed by atoms with Gasteiger partial charge in [-0.2, -0.15) is 0 Å². The molecular formula is C17H21ClN4. The summed E-state index contributed by atoms with van der Waals surface area (Å²) >= 11 is 5.84. The maximum atomic E-state index is 5.84. The fourth-order valence-electron chi connectivity index (χ4n) is 2.87. The minimum atomic E-state index is 0.433. The van der Waals surface area contributed by atoms with E-state index in [2.05, 4.69) is 50.5 Å². The number of piperidine rings is 1. The molecule has 0 saturated carbocycles. The van der Waals surface area contributed by atoms with Crippen molar-refractivity contribution in [2.75, 3.05) is 25.0 Å². The van der Waals surface area contributed by atoms with E-state index in [4.69, 9.17) is 11.6 Å². The van der Waals surface area contributed by atoms with Crippen molar-refractivity contribution in [1.82, 2.24) is 14.9 Å². The van der Waals surface area contributed by atoms with Gasteiger partial charge in [-0.1, -0.05) is 41.9 Å². The van der Waals surface area contributed by atoms with Crippen molar-refractivity contribution in [2.45, 2.75) is 19.4 Å². The molecule has 0 bridgehead atoms. The normalized spacial score (nSPS) is 16.6. The first-order chi connectivity index (χ1) is 10.8. The second kappa shape index (κ2) is 7.56. The van der Waals surface area contributed by atoms with Gasteiger partial charge in [0.1, 0.15) is 11.0 Å². The van der Waals surface area contributed by atoms with E-state index in [0.717, 1.165) is 32.0 Å². The molecule has 0 spiro atoms. The number of halogens is 1. The van der Waals surface area contributed by atoms with E-state index in [9.17, 15) is 0 Å². The Morgan fingerprint density at radius 1 is 1.14 bits per heavy atom. The molecule has 4 nitrogen and oxygen atoms in total. The van der Waals surface area contributed by atoms with Crippen LogP contribution in [0.25, 0.3) is 0 Å². The van der Waals surface area contributed by atoms with Crippen molar-refractivity contribution in [3.8, 4) is 0 Å². The average molecular weight is 317 g/mol. The molecule has 1 aromatic carbocycles. The lowest BCUT2D eigenvalue weighted by molar-refractivity contribution is 0.182. The monoisotopic (exact) mass is 316 g/mol. The number of benzene rings is 1. The molecule has 1 aliphatic rings. The van der Waals surface area contributed by atoms with Crippen LogP contribution in [0.1, 0.15) is 18.4 Å². The van der Waals surface area contributed by atoms with E-state index in [1.165, 1.54) is 18.4 Å². The zero-order valence-electron chi connectivity index (χ0n) is 12.6. The zero-order chi connectivity index (χ0) is 15.2. The van der Waals surface area contributed by atoms with Crippen molar-refractivity contribution in [1.29, 1.82) is 0 Å². The predicted octanol–water partition coefficient (Wildman–Crippen LogP) is 3.45. The van der Waals surface area contributed by atoms with Crippen LogP contribution in [0.5, 0.6) is 0 Å². The van der Waals surface area contributed by atoms with E-state index in [1.54, 1.807) is 12.4 Å². The molecule has 3 rings (SSSR count). The predicted molar refractivity (Wildman–Crippen MR) is 90.0 cm³/mol. The molecule has 0 aliphatic carbocycles. The van der Waals surface area contributed by atoms with Gasteiger partial charge in [-0.05, 0) is 37.4 Å². The molecule has 1 aromatic heterocycles. The summed E-state index contributed by atoms with van der Waals surface area (Å²) in [5, 5.41) is 3.78. The molecule has 5 heteroatoms. The molecule has 2 heterocycles.